The maximum Gasteiger partial charge on any atom is 0.161 e. The second kappa shape index (κ2) is 7.98. The van der Waals surface area contributed by atoms with Gasteiger partial charge in [-0.3, -0.25) is 0 Å². The van der Waals surface area contributed by atoms with Crippen LogP contribution in [0.2, 0.25) is 0 Å². The predicted octanol–water partition coefficient (Wildman–Crippen LogP) is 3.18. The first-order chi connectivity index (χ1) is 7.69. The number of benzene rings is 1. The van der Waals surface area contributed by atoms with Gasteiger partial charge in [-0.1, -0.05) is 12.1 Å². The fourth-order valence-electron chi connectivity index (χ4n) is 1.50. The van der Waals surface area contributed by atoms with Gasteiger partial charge in [-0.05, 0) is 37.5 Å². The van der Waals surface area contributed by atoms with E-state index in [-0.39, 0.29) is 24.2 Å². The SMILES string of the molecule is C=CCC[C@H](N)c1ccc(O)c(OCC)c1.Cl. The quantitative estimate of drug-likeness (QED) is 0.770. The first-order valence-electron chi connectivity index (χ1n) is 5.51. The van der Waals surface area contributed by atoms with E-state index in [9.17, 15) is 5.11 Å². The molecular weight excluding hydrogens is 238 g/mol. The largest absolute Gasteiger partial charge is 0.504 e. The Morgan fingerprint density at radius 3 is 2.82 bits per heavy atom. The Hall–Kier alpha value is -1.19. The molecule has 4 heteroatoms. The molecule has 1 atom stereocenters. The number of allylic oxidation sites excluding steroid dienone is 1. The third kappa shape index (κ3) is 4.67. The summed E-state index contributed by atoms with van der Waals surface area (Å²) in [6, 6.07) is 5.20. The zero-order valence-electron chi connectivity index (χ0n) is 10.1. The van der Waals surface area contributed by atoms with E-state index in [1.54, 1.807) is 12.1 Å². The van der Waals surface area contributed by atoms with Crippen molar-refractivity contribution in [1.82, 2.24) is 0 Å². The molecule has 0 aliphatic carbocycles. The lowest BCUT2D eigenvalue weighted by Gasteiger charge is -2.13. The minimum atomic E-state index is -0.0437. The van der Waals surface area contributed by atoms with Crippen molar-refractivity contribution in [3.8, 4) is 11.5 Å². The highest BCUT2D eigenvalue weighted by Crippen LogP contribution is 2.29. The van der Waals surface area contributed by atoms with E-state index in [0.29, 0.717) is 12.4 Å². The summed E-state index contributed by atoms with van der Waals surface area (Å²) in [5, 5.41) is 9.54. The number of ether oxygens (including phenoxy) is 1. The summed E-state index contributed by atoms with van der Waals surface area (Å²) in [7, 11) is 0. The Kier molecular flexibility index (Phi) is 7.42. The Labute approximate surface area is 109 Å². The van der Waals surface area contributed by atoms with Gasteiger partial charge < -0.3 is 15.6 Å². The third-order valence-corrected chi connectivity index (χ3v) is 2.39. The zero-order valence-corrected chi connectivity index (χ0v) is 10.9. The van der Waals surface area contributed by atoms with Crippen LogP contribution in [0.5, 0.6) is 11.5 Å². The van der Waals surface area contributed by atoms with Crippen LogP contribution in [0.4, 0.5) is 0 Å². The zero-order chi connectivity index (χ0) is 12.0. The summed E-state index contributed by atoms with van der Waals surface area (Å²) in [6.45, 7) is 6.07. The van der Waals surface area contributed by atoms with Crippen LogP contribution in [-0.2, 0) is 0 Å². The average Bonchev–Trinajstić information content (AvgIpc) is 2.29. The normalized spacial score (nSPS) is 11.4. The molecule has 0 spiro atoms. The molecule has 0 heterocycles. The van der Waals surface area contributed by atoms with Crippen molar-refractivity contribution >= 4 is 12.4 Å². The lowest BCUT2D eigenvalue weighted by atomic mass is 10.0. The molecule has 0 aliphatic heterocycles. The van der Waals surface area contributed by atoms with Gasteiger partial charge in [0.1, 0.15) is 0 Å². The fraction of sp³-hybridized carbons (Fsp3) is 0.385. The van der Waals surface area contributed by atoms with Gasteiger partial charge in [0.15, 0.2) is 11.5 Å². The Bertz CT molecular complexity index is 355. The molecule has 17 heavy (non-hydrogen) atoms. The second-order valence-electron chi connectivity index (χ2n) is 3.63. The predicted molar refractivity (Wildman–Crippen MR) is 72.9 cm³/mol. The van der Waals surface area contributed by atoms with Crippen molar-refractivity contribution in [3.63, 3.8) is 0 Å². The molecule has 0 unspecified atom stereocenters. The molecule has 3 N–H and O–H groups in total. The van der Waals surface area contributed by atoms with Crippen LogP contribution in [-0.4, -0.2) is 11.7 Å². The molecule has 1 aromatic rings. The van der Waals surface area contributed by atoms with Crippen molar-refractivity contribution in [3.05, 3.63) is 36.4 Å². The fourth-order valence-corrected chi connectivity index (χ4v) is 1.50. The monoisotopic (exact) mass is 257 g/mol. The first kappa shape index (κ1) is 15.8. The van der Waals surface area contributed by atoms with Gasteiger partial charge in [-0.15, -0.1) is 19.0 Å². The number of aromatic hydroxyl groups is 1. The maximum atomic E-state index is 9.54. The Balaban J connectivity index is 0.00000256. The van der Waals surface area contributed by atoms with Crippen LogP contribution in [0.1, 0.15) is 31.4 Å². The molecule has 3 nitrogen and oxygen atoms in total. The lowest BCUT2D eigenvalue weighted by molar-refractivity contribution is 0.317. The van der Waals surface area contributed by atoms with E-state index in [2.05, 4.69) is 6.58 Å². The molecule has 0 saturated heterocycles. The smallest absolute Gasteiger partial charge is 0.161 e. The molecule has 0 amide bonds. The summed E-state index contributed by atoms with van der Waals surface area (Å²) >= 11 is 0. The molecule has 0 aromatic heterocycles. The van der Waals surface area contributed by atoms with Crippen molar-refractivity contribution in [2.24, 2.45) is 5.73 Å². The second-order valence-corrected chi connectivity index (χ2v) is 3.63. The number of phenols is 1. The van der Waals surface area contributed by atoms with Crippen LogP contribution < -0.4 is 10.5 Å². The van der Waals surface area contributed by atoms with Gasteiger partial charge in [0, 0.05) is 6.04 Å². The van der Waals surface area contributed by atoms with E-state index in [1.165, 1.54) is 0 Å². The summed E-state index contributed by atoms with van der Waals surface area (Å²) in [5.74, 6) is 0.649. The van der Waals surface area contributed by atoms with Crippen LogP contribution in [0, 0.1) is 0 Å². The number of nitrogens with two attached hydrogens (primary N) is 1. The van der Waals surface area contributed by atoms with Gasteiger partial charge in [0.05, 0.1) is 6.61 Å². The van der Waals surface area contributed by atoms with Crippen molar-refractivity contribution in [2.45, 2.75) is 25.8 Å². The van der Waals surface area contributed by atoms with Gasteiger partial charge in [0.25, 0.3) is 0 Å². The van der Waals surface area contributed by atoms with Crippen LogP contribution in [0.3, 0.4) is 0 Å². The maximum absolute atomic E-state index is 9.54. The summed E-state index contributed by atoms with van der Waals surface area (Å²) < 4.78 is 5.31. The highest BCUT2D eigenvalue weighted by atomic mass is 35.5. The van der Waals surface area contributed by atoms with Crippen LogP contribution in [0.15, 0.2) is 30.9 Å². The standard InChI is InChI=1S/C13H19NO2.ClH/c1-3-5-6-11(14)10-7-8-12(15)13(9-10)16-4-2;/h3,7-9,11,15H,1,4-6,14H2,2H3;1H/t11-;/m0./s1. The van der Waals surface area contributed by atoms with Crippen molar-refractivity contribution < 1.29 is 9.84 Å². The number of phenolic OH excluding ortho intramolecular Hbond substituents is 1. The van der Waals surface area contributed by atoms with Gasteiger partial charge in [0.2, 0.25) is 0 Å². The molecular formula is C13H20ClNO2. The Morgan fingerprint density at radius 1 is 1.53 bits per heavy atom. The molecule has 0 fully saturated rings. The highest BCUT2D eigenvalue weighted by Gasteiger charge is 2.09. The molecule has 0 radical (unpaired) electrons. The van der Waals surface area contributed by atoms with E-state index >= 15 is 0 Å². The molecule has 1 aromatic carbocycles. The van der Waals surface area contributed by atoms with E-state index in [1.807, 2.05) is 19.1 Å². The van der Waals surface area contributed by atoms with Crippen LogP contribution in [0.25, 0.3) is 0 Å². The summed E-state index contributed by atoms with van der Waals surface area (Å²) in [4.78, 5) is 0. The lowest BCUT2D eigenvalue weighted by Crippen LogP contribution is -2.09. The molecule has 1 rings (SSSR count). The number of halogens is 1. The minimum absolute atomic E-state index is 0. The minimum Gasteiger partial charge on any atom is -0.504 e. The van der Waals surface area contributed by atoms with E-state index < -0.39 is 0 Å². The van der Waals surface area contributed by atoms with E-state index in [0.717, 1.165) is 18.4 Å². The summed E-state index contributed by atoms with van der Waals surface area (Å²) in [5.41, 5.74) is 6.99. The van der Waals surface area contributed by atoms with Crippen LogP contribution >= 0.6 is 12.4 Å². The molecule has 0 aliphatic rings. The van der Waals surface area contributed by atoms with Gasteiger partial charge in [-0.25, -0.2) is 0 Å². The topological polar surface area (TPSA) is 55.5 Å². The number of rotatable bonds is 6. The molecule has 96 valence electrons. The van der Waals surface area contributed by atoms with E-state index in [4.69, 9.17) is 10.5 Å². The Morgan fingerprint density at radius 2 is 2.24 bits per heavy atom. The number of hydrogen-bond donors (Lipinski definition) is 2. The number of hydrogen-bond acceptors (Lipinski definition) is 3. The van der Waals surface area contributed by atoms with Crippen molar-refractivity contribution in [1.29, 1.82) is 0 Å². The van der Waals surface area contributed by atoms with Gasteiger partial charge in [-0.2, -0.15) is 0 Å². The first-order valence-corrected chi connectivity index (χ1v) is 5.51. The average molecular weight is 258 g/mol. The third-order valence-electron chi connectivity index (χ3n) is 2.39. The summed E-state index contributed by atoms with van der Waals surface area (Å²) in [6.07, 6.45) is 3.58. The van der Waals surface area contributed by atoms with Gasteiger partial charge >= 0.3 is 0 Å². The highest BCUT2D eigenvalue weighted by molar-refractivity contribution is 5.85. The van der Waals surface area contributed by atoms with Crippen molar-refractivity contribution in [2.75, 3.05) is 6.61 Å². The molecule has 0 bridgehead atoms. The molecule has 0 saturated carbocycles.